The second-order valence-electron chi connectivity index (χ2n) is 7.16. The number of hydrogen-bond donors (Lipinski definition) is 0. The van der Waals surface area contributed by atoms with E-state index in [0.717, 1.165) is 11.3 Å². The van der Waals surface area contributed by atoms with Gasteiger partial charge in [-0.15, -0.1) is 0 Å². The van der Waals surface area contributed by atoms with E-state index in [9.17, 15) is 18.0 Å². The van der Waals surface area contributed by atoms with Crippen LogP contribution in [-0.4, -0.2) is 49.3 Å². The summed E-state index contributed by atoms with van der Waals surface area (Å²) in [5.74, 6) is -0.0446. The number of carbonyl (C=O) groups is 2. The molecule has 1 aliphatic rings. The van der Waals surface area contributed by atoms with Crippen LogP contribution in [-0.2, 0) is 21.2 Å². The van der Waals surface area contributed by atoms with Gasteiger partial charge in [-0.1, -0.05) is 24.3 Å². The maximum Gasteiger partial charge on any atom is 0.308 e. The molecule has 8 heteroatoms. The van der Waals surface area contributed by atoms with Crippen LogP contribution in [0.2, 0.25) is 0 Å². The fourth-order valence-corrected chi connectivity index (χ4v) is 5.21. The monoisotopic (exact) mass is 431 g/mol. The molecule has 0 aromatic heterocycles. The summed E-state index contributed by atoms with van der Waals surface area (Å²) in [6.45, 7) is 3.95. The molecule has 0 spiro atoms. The Hall–Kier alpha value is -2.87. The summed E-state index contributed by atoms with van der Waals surface area (Å²) >= 11 is 0. The van der Waals surface area contributed by atoms with Crippen LogP contribution in [0.3, 0.4) is 0 Å². The Balaban J connectivity index is 1.92. The van der Waals surface area contributed by atoms with Crippen molar-refractivity contribution >= 4 is 21.7 Å². The molecule has 1 unspecified atom stereocenters. The molecule has 160 valence electrons. The van der Waals surface area contributed by atoms with Crippen LogP contribution in [0.4, 0.5) is 0 Å². The fraction of sp³-hybridized carbons (Fsp3) is 0.364. The molecule has 0 N–H and O–H groups in total. The Kier molecular flexibility index (Phi) is 6.77. The van der Waals surface area contributed by atoms with Crippen LogP contribution in [0.5, 0.6) is 11.5 Å². The van der Waals surface area contributed by atoms with Crippen molar-refractivity contribution < 1.29 is 27.5 Å². The predicted octanol–water partition coefficient (Wildman–Crippen LogP) is 2.84. The number of rotatable bonds is 7. The standard InChI is InChI=1S/C22H25NO6S/c1-3-28-19-10-8-17(9-11-19)14-23(18-12-13-30(26,27)15-18)22(25)20-6-4-5-7-21(20)29-16(2)24/h4-11,18H,3,12-15H2,1-2H3. The molecule has 2 aromatic rings. The predicted molar refractivity (Wildman–Crippen MR) is 112 cm³/mol. The van der Waals surface area contributed by atoms with Gasteiger partial charge >= 0.3 is 5.97 Å². The van der Waals surface area contributed by atoms with Crippen molar-refractivity contribution in [3.8, 4) is 11.5 Å². The first-order valence-corrected chi connectivity index (χ1v) is 11.6. The molecule has 3 rings (SSSR count). The highest BCUT2D eigenvalue weighted by atomic mass is 32.2. The van der Waals surface area contributed by atoms with Gasteiger partial charge in [0.15, 0.2) is 9.84 Å². The van der Waals surface area contributed by atoms with Gasteiger partial charge in [0, 0.05) is 19.5 Å². The van der Waals surface area contributed by atoms with E-state index >= 15 is 0 Å². The molecule has 7 nitrogen and oxygen atoms in total. The zero-order chi connectivity index (χ0) is 21.7. The van der Waals surface area contributed by atoms with Crippen molar-refractivity contribution in [2.45, 2.75) is 32.9 Å². The molecular weight excluding hydrogens is 406 g/mol. The molecule has 1 aliphatic heterocycles. The minimum absolute atomic E-state index is 0.0519. The van der Waals surface area contributed by atoms with Gasteiger partial charge in [0.2, 0.25) is 0 Å². The number of carbonyl (C=O) groups excluding carboxylic acids is 2. The Labute approximate surface area is 176 Å². The van der Waals surface area contributed by atoms with E-state index < -0.39 is 21.8 Å². The molecule has 0 saturated carbocycles. The van der Waals surface area contributed by atoms with Crippen molar-refractivity contribution in [2.24, 2.45) is 0 Å². The van der Waals surface area contributed by atoms with Crippen molar-refractivity contribution in [3.63, 3.8) is 0 Å². The van der Waals surface area contributed by atoms with Crippen molar-refractivity contribution in [1.82, 2.24) is 4.90 Å². The SMILES string of the molecule is CCOc1ccc(CN(C(=O)c2ccccc2OC(C)=O)C2CCS(=O)(=O)C2)cc1. The normalized spacial score (nSPS) is 17.3. The van der Waals surface area contributed by atoms with E-state index in [1.54, 1.807) is 29.2 Å². The first kappa shape index (κ1) is 21.8. The molecule has 1 heterocycles. The number of nitrogens with zero attached hydrogens (tertiary/aromatic N) is 1. The van der Waals surface area contributed by atoms with Gasteiger partial charge in [-0.3, -0.25) is 9.59 Å². The zero-order valence-electron chi connectivity index (χ0n) is 17.0. The number of para-hydroxylation sites is 1. The van der Waals surface area contributed by atoms with Crippen LogP contribution in [0.1, 0.15) is 36.2 Å². The summed E-state index contributed by atoms with van der Waals surface area (Å²) in [6.07, 6.45) is 0.376. The van der Waals surface area contributed by atoms with Crippen LogP contribution >= 0.6 is 0 Å². The lowest BCUT2D eigenvalue weighted by Crippen LogP contribution is -2.40. The third-order valence-corrected chi connectivity index (χ3v) is 6.62. The third kappa shape index (κ3) is 5.38. The maximum absolute atomic E-state index is 13.4. The lowest BCUT2D eigenvalue weighted by atomic mass is 10.1. The highest BCUT2D eigenvalue weighted by Gasteiger charge is 2.35. The van der Waals surface area contributed by atoms with Gasteiger partial charge in [-0.2, -0.15) is 0 Å². The Morgan fingerprint density at radius 1 is 1.10 bits per heavy atom. The molecule has 30 heavy (non-hydrogen) atoms. The first-order chi connectivity index (χ1) is 14.3. The molecular formula is C22H25NO6S. The van der Waals surface area contributed by atoms with E-state index in [0.29, 0.717) is 13.0 Å². The summed E-state index contributed by atoms with van der Waals surface area (Å²) in [7, 11) is -3.19. The molecule has 0 radical (unpaired) electrons. The molecule has 0 bridgehead atoms. The lowest BCUT2D eigenvalue weighted by Gasteiger charge is -2.29. The van der Waals surface area contributed by atoms with Crippen LogP contribution in [0.25, 0.3) is 0 Å². The quantitative estimate of drug-likeness (QED) is 0.495. The van der Waals surface area contributed by atoms with Crippen molar-refractivity contribution in [3.05, 3.63) is 59.7 Å². The lowest BCUT2D eigenvalue weighted by molar-refractivity contribution is -0.131. The Morgan fingerprint density at radius 3 is 2.40 bits per heavy atom. The molecule has 0 aliphatic carbocycles. The van der Waals surface area contributed by atoms with Crippen molar-refractivity contribution in [1.29, 1.82) is 0 Å². The largest absolute Gasteiger partial charge is 0.494 e. The summed E-state index contributed by atoms with van der Waals surface area (Å²) < 4.78 is 34.8. The van der Waals surface area contributed by atoms with E-state index in [1.165, 1.54) is 6.92 Å². The van der Waals surface area contributed by atoms with Crippen molar-refractivity contribution in [2.75, 3.05) is 18.1 Å². The summed E-state index contributed by atoms with van der Waals surface area (Å²) in [5, 5.41) is 0. The number of hydrogen-bond acceptors (Lipinski definition) is 6. The number of esters is 1. The number of benzene rings is 2. The smallest absolute Gasteiger partial charge is 0.308 e. The molecule has 1 fully saturated rings. The first-order valence-electron chi connectivity index (χ1n) is 9.79. The maximum atomic E-state index is 13.4. The molecule has 2 aromatic carbocycles. The van der Waals surface area contributed by atoms with E-state index in [2.05, 4.69) is 0 Å². The van der Waals surface area contributed by atoms with Gasteiger partial charge in [0.25, 0.3) is 5.91 Å². The van der Waals surface area contributed by atoms with Gasteiger partial charge < -0.3 is 14.4 Å². The summed E-state index contributed by atoms with van der Waals surface area (Å²) in [4.78, 5) is 26.4. The average Bonchev–Trinajstić information content (AvgIpc) is 3.06. The summed E-state index contributed by atoms with van der Waals surface area (Å²) in [6, 6.07) is 13.4. The van der Waals surface area contributed by atoms with E-state index in [1.807, 2.05) is 31.2 Å². The van der Waals surface area contributed by atoms with E-state index in [-0.39, 0.29) is 35.3 Å². The van der Waals surface area contributed by atoms with E-state index in [4.69, 9.17) is 9.47 Å². The third-order valence-electron chi connectivity index (χ3n) is 4.87. The number of sulfone groups is 1. The van der Waals surface area contributed by atoms with Gasteiger partial charge in [0.05, 0.1) is 23.7 Å². The van der Waals surface area contributed by atoms with Gasteiger partial charge in [-0.25, -0.2) is 8.42 Å². The second-order valence-corrected chi connectivity index (χ2v) is 9.39. The van der Waals surface area contributed by atoms with Crippen LogP contribution < -0.4 is 9.47 Å². The summed E-state index contributed by atoms with van der Waals surface area (Å²) in [5.41, 5.74) is 1.07. The average molecular weight is 432 g/mol. The minimum atomic E-state index is -3.19. The molecule has 1 atom stereocenters. The second kappa shape index (κ2) is 9.30. The zero-order valence-corrected chi connectivity index (χ0v) is 17.9. The highest BCUT2D eigenvalue weighted by Crippen LogP contribution is 2.27. The van der Waals surface area contributed by atoms with Crippen LogP contribution in [0, 0.1) is 0 Å². The molecule has 1 saturated heterocycles. The highest BCUT2D eigenvalue weighted by molar-refractivity contribution is 7.91. The van der Waals surface area contributed by atoms with Crippen LogP contribution in [0.15, 0.2) is 48.5 Å². The minimum Gasteiger partial charge on any atom is -0.494 e. The Bertz CT molecular complexity index is 1020. The van der Waals surface area contributed by atoms with Gasteiger partial charge in [-0.05, 0) is 43.2 Å². The Morgan fingerprint density at radius 2 is 1.80 bits per heavy atom. The number of amides is 1. The molecule has 1 amide bonds. The fourth-order valence-electron chi connectivity index (χ4n) is 3.48. The topological polar surface area (TPSA) is 90.0 Å². The van der Waals surface area contributed by atoms with Gasteiger partial charge in [0.1, 0.15) is 11.5 Å². The number of ether oxygens (including phenoxy) is 2.